The summed E-state index contributed by atoms with van der Waals surface area (Å²) in [5.41, 5.74) is 3.13. The third kappa shape index (κ3) is 6.22. The highest BCUT2D eigenvalue weighted by Crippen LogP contribution is 2.22. The van der Waals surface area contributed by atoms with Crippen molar-refractivity contribution >= 4 is 17.8 Å². The molecule has 0 heterocycles. The zero-order chi connectivity index (χ0) is 24.7. The van der Waals surface area contributed by atoms with E-state index in [0.29, 0.717) is 6.42 Å². The molecule has 3 aromatic rings. The molecule has 3 aromatic carbocycles. The number of aromatic carboxylic acids is 1. The topological polar surface area (TPSA) is 113 Å². The Balaban J connectivity index is 1.79. The quantitative estimate of drug-likeness (QED) is 0.409. The van der Waals surface area contributed by atoms with Gasteiger partial charge in [-0.05, 0) is 47.7 Å². The molecule has 3 rings (SSSR count). The molecule has 0 spiro atoms. The highest BCUT2D eigenvalue weighted by Gasteiger charge is 2.22. The van der Waals surface area contributed by atoms with Gasteiger partial charge < -0.3 is 20.3 Å². The molecule has 0 saturated carbocycles. The van der Waals surface area contributed by atoms with Crippen LogP contribution in [0.1, 0.15) is 39.6 Å². The van der Waals surface area contributed by atoms with E-state index >= 15 is 0 Å². The first-order valence-electron chi connectivity index (χ1n) is 10.9. The number of ether oxygens (including phenoxy) is 1. The van der Waals surface area contributed by atoms with Gasteiger partial charge in [-0.25, -0.2) is 4.79 Å². The molecule has 0 aliphatic carbocycles. The maximum atomic E-state index is 12.9. The summed E-state index contributed by atoms with van der Waals surface area (Å²) in [5.74, 6) is -3.15. The standard InChI is InChI=1S/C27H27NO6/c1-17(26(30)31)14-22(15-18-8-10-20(11-9-18)19-6-4-3-5-7-19)28-25(29)21-12-13-24(34-2)23(16-21)27(32)33/h3-13,16-17,22H,14-15H2,1-2H3,(H,28,29)(H,30,31)(H,32,33)/t17-,22?/m1/s1. The van der Waals surface area contributed by atoms with E-state index in [1.54, 1.807) is 6.92 Å². The lowest BCUT2D eigenvalue weighted by molar-refractivity contribution is -0.141. The molecule has 0 saturated heterocycles. The molecule has 0 aliphatic heterocycles. The summed E-state index contributed by atoms with van der Waals surface area (Å²) < 4.78 is 5.04. The van der Waals surface area contributed by atoms with Gasteiger partial charge in [-0.2, -0.15) is 0 Å². The number of carboxylic acids is 2. The highest BCUT2D eigenvalue weighted by molar-refractivity contribution is 5.99. The molecule has 1 unspecified atom stereocenters. The van der Waals surface area contributed by atoms with Crippen LogP contribution in [0.2, 0.25) is 0 Å². The number of aliphatic carboxylic acids is 1. The number of amides is 1. The number of rotatable bonds is 10. The molecule has 0 bridgehead atoms. The minimum Gasteiger partial charge on any atom is -0.496 e. The lowest BCUT2D eigenvalue weighted by Gasteiger charge is -2.21. The Morgan fingerprint density at radius 2 is 1.56 bits per heavy atom. The fourth-order valence-electron chi connectivity index (χ4n) is 3.75. The third-order valence-electron chi connectivity index (χ3n) is 5.63. The molecule has 1 amide bonds. The molecule has 34 heavy (non-hydrogen) atoms. The van der Waals surface area contributed by atoms with E-state index in [1.165, 1.54) is 25.3 Å². The second kappa shape index (κ2) is 11.1. The van der Waals surface area contributed by atoms with Gasteiger partial charge in [-0.1, -0.05) is 61.5 Å². The second-order valence-electron chi connectivity index (χ2n) is 8.13. The van der Waals surface area contributed by atoms with Crippen molar-refractivity contribution in [3.05, 3.63) is 89.5 Å². The lowest BCUT2D eigenvalue weighted by atomic mass is 9.94. The van der Waals surface area contributed by atoms with Crippen LogP contribution in [0.25, 0.3) is 11.1 Å². The van der Waals surface area contributed by atoms with Crippen molar-refractivity contribution in [2.24, 2.45) is 5.92 Å². The Bertz CT molecular complexity index is 1160. The molecule has 2 atom stereocenters. The minimum absolute atomic E-state index is 0.123. The van der Waals surface area contributed by atoms with Crippen molar-refractivity contribution in [3.8, 4) is 16.9 Å². The van der Waals surface area contributed by atoms with Gasteiger partial charge in [0.1, 0.15) is 11.3 Å². The minimum atomic E-state index is -1.21. The van der Waals surface area contributed by atoms with Gasteiger partial charge in [0.05, 0.1) is 13.0 Å². The van der Waals surface area contributed by atoms with Crippen LogP contribution in [0.3, 0.4) is 0 Å². The first kappa shape index (κ1) is 24.5. The summed E-state index contributed by atoms with van der Waals surface area (Å²) in [4.78, 5) is 35.9. The Morgan fingerprint density at radius 1 is 0.912 bits per heavy atom. The first-order chi connectivity index (χ1) is 16.3. The maximum Gasteiger partial charge on any atom is 0.339 e. The number of carboxylic acid groups (broad SMARTS) is 2. The Morgan fingerprint density at radius 3 is 2.15 bits per heavy atom. The third-order valence-corrected chi connectivity index (χ3v) is 5.63. The van der Waals surface area contributed by atoms with Crippen LogP contribution in [0, 0.1) is 5.92 Å². The SMILES string of the molecule is COc1ccc(C(=O)NC(Cc2ccc(-c3ccccc3)cc2)C[C@@H](C)C(=O)O)cc1C(=O)O. The molecule has 7 nitrogen and oxygen atoms in total. The van der Waals surface area contributed by atoms with E-state index in [-0.39, 0.29) is 23.3 Å². The predicted molar refractivity (Wildman–Crippen MR) is 128 cm³/mol. The van der Waals surface area contributed by atoms with Gasteiger partial charge >= 0.3 is 11.9 Å². The number of carbonyl (C=O) groups is 3. The van der Waals surface area contributed by atoms with Gasteiger partial charge in [0, 0.05) is 11.6 Å². The zero-order valence-corrected chi connectivity index (χ0v) is 19.0. The second-order valence-corrected chi connectivity index (χ2v) is 8.13. The van der Waals surface area contributed by atoms with Gasteiger partial charge in [0.15, 0.2) is 0 Å². The van der Waals surface area contributed by atoms with Gasteiger partial charge in [0.2, 0.25) is 0 Å². The average Bonchev–Trinajstić information content (AvgIpc) is 2.84. The van der Waals surface area contributed by atoms with Crippen LogP contribution in [0.5, 0.6) is 5.75 Å². The van der Waals surface area contributed by atoms with E-state index < -0.39 is 29.8 Å². The van der Waals surface area contributed by atoms with Crippen LogP contribution < -0.4 is 10.1 Å². The van der Waals surface area contributed by atoms with Crippen molar-refractivity contribution in [2.45, 2.75) is 25.8 Å². The first-order valence-corrected chi connectivity index (χ1v) is 10.9. The largest absolute Gasteiger partial charge is 0.496 e. The molecular weight excluding hydrogens is 434 g/mol. The van der Waals surface area contributed by atoms with E-state index in [9.17, 15) is 24.6 Å². The number of carbonyl (C=O) groups excluding carboxylic acids is 1. The summed E-state index contributed by atoms with van der Waals surface area (Å²) in [6, 6.07) is 21.5. The van der Waals surface area contributed by atoms with Crippen molar-refractivity contribution in [2.75, 3.05) is 7.11 Å². The Kier molecular flexibility index (Phi) is 8.03. The maximum absolute atomic E-state index is 12.9. The molecular formula is C27H27NO6. The summed E-state index contributed by atoms with van der Waals surface area (Å²) in [6.07, 6.45) is 0.657. The van der Waals surface area contributed by atoms with E-state index in [4.69, 9.17) is 4.74 Å². The monoisotopic (exact) mass is 461 g/mol. The fraction of sp³-hybridized carbons (Fsp3) is 0.222. The summed E-state index contributed by atoms with van der Waals surface area (Å²) >= 11 is 0. The van der Waals surface area contributed by atoms with Crippen LogP contribution in [-0.4, -0.2) is 41.2 Å². The molecule has 3 N–H and O–H groups in total. The molecule has 176 valence electrons. The number of benzene rings is 3. The number of hydrogen-bond donors (Lipinski definition) is 3. The van der Waals surface area contributed by atoms with E-state index in [1.807, 2.05) is 54.6 Å². The molecule has 7 heteroatoms. The smallest absolute Gasteiger partial charge is 0.339 e. The number of nitrogens with one attached hydrogen (secondary N) is 1. The van der Waals surface area contributed by atoms with Gasteiger partial charge in [-0.3, -0.25) is 9.59 Å². The molecule has 0 aliphatic rings. The number of hydrogen-bond acceptors (Lipinski definition) is 4. The van der Waals surface area contributed by atoms with E-state index in [0.717, 1.165) is 16.7 Å². The van der Waals surface area contributed by atoms with Crippen molar-refractivity contribution in [3.63, 3.8) is 0 Å². The van der Waals surface area contributed by atoms with E-state index in [2.05, 4.69) is 5.32 Å². The normalized spacial score (nSPS) is 12.4. The summed E-state index contributed by atoms with van der Waals surface area (Å²) in [7, 11) is 1.36. The highest BCUT2D eigenvalue weighted by atomic mass is 16.5. The molecule has 0 fully saturated rings. The average molecular weight is 462 g/mol. The molecule has 0 radical (unpaired) electrons. The van der Waals surface area contributed by atoms with Crippen LogP contribution >= 0.6 is 0 Å². The fourth-order valence-corrected chi connectivity index (χ4v) is 3.75. The van der Waals surface area contributed by atoms with Crippen LogP contribution in [0.15, 0.2) is 72.8 Å². The Hall–Kier alpha value is -4.13. The lowest BCUT2D eigenvalue weighted by Crippen LogP contribution is -2.38. The predicted octanol–water partition coefficient (Wildman–Crippen LogP) is 4.51. The zero-order valence-electron chi connectivity index (χ0n) is 19.0. The van der Waals surface area contributed by atoms with Crippen LogP contribution in [-0.2, 0) is 11.2 Å². The van der Waals surface area contributed by atoms with Crippen molar-refractivity contribution in [1.29, 1.82) is 0 Å². The van der Waals surface area contributed by atoms with Gasteiger partial charge in [0.25, 0.3) is 5.91 Å². The summed E-state index contributed by atoms with van der Waals surface area (Å²) in [6.45, 7) is 1.59. The van der Waals surface area contributed by atoms with Crippen molar-refractivity contribution in [1.82, 2.24) is 5.32 Å². The number of methoxy groups -OCH3 is 1. The summed E-state index contributed by atoms with van der Waals surface area (Å²) in [5, 5.41) is 21.6. The Labute approximate surface area is 198 Å². The molecule has 0 aromatic heterocycles. The van der Waals surface area contributed by atoms with Crippen molar-refractivity contribution < 1.29 is 29.3 Å². The van der Waals surface area contributed by atoms with Gasteiger partial charge in [-0.15, -0.1) is 0 Å². The van der Waals surface area contributed by atoms with Crippen LogP contribution in [0.4, 0.5) is 0 Å².